The fourth-order valence-corrected chi connectivity index (χ4v) is 3.12. The van der Waals surface area contributed by atoms with Gasteiger partial charge in [0.05, 0.1) is 11.3 Å². The van der Waals surface area contributed by atoms with Crippen molar-refractivity contribution in [2.24, 2.45) is 0 Å². The van der Waals surface area contributed by atoms with Crippen molar-refractivity contribution in [3.63, 3.8) is 0 Å². The van der Waals surface area contributed by atoms with Crippen molar-refractivity contribution in [1.82, 2.24) is 14.9 Å². The molecule has 2 aromatic heterocycles. The zero-order valence-electron chi connectivity index (χ0n) is 12.2. The zero-order valence-corrected chi connectivity index (χ0v) is 13.0. The van der Waals surface area contributed by atoms with Crippen LogP contribution in [0.1, 0.15) is 47.8 Å². The summed E-state index contributed by atoms with van der Waals surface area (Å²) in [7, 11) is 0. The molecule has 1 aliphatic carbocycles. The van der Waals surface area contributed by atoms with Crippen LogP contribution >= 0.6 is 11.3 Å². The highest BCUT2D eigenvalue weighted by Gasteiger charge is 2.34. The van der Waals surface area contributed by atoms with Crippen LogP contribution < -0.4 is 0 Å². The van der Waals surface area contributed by atoms with Gasteiger partial charge in [0, 0.05) is 18.8 Å². The third-order valence-corrected chi connectivity index (χ3v) is 4.43. The predicted molar refractivity (Wildman–Crippen MR) is 83.2 cm³/mol. The molecule has 21 heavy (non-hydrogen) atoms. The quantitative estimate of drug-likeness (QED) is 0.822. The lowest BCUT2D eigenvalue weighted by atomic mass is 10.1. The Bertz CT molecular complexity index is 608. The number of carbonyl (C=O) groups excluding carboxylic acids is 1. The van der Waals surface area contributed by atoms with Gasteiger partial charge in [-0.25, -0.2) is 9.97 Å². The minimum Gasteiger partial charge on any atom is -0.331 e. The molecule has 0 N–H and O–H groups in total. The van der Waals surface area contributed by atoms with Gasteiger partial charge in [-0.05, 0) is 41.7 Å². The maximum Gasteiger partial charge on any atom is 0.257 e. The van der Waals surface area contributed by atoms with Gasteiger partial charge in [0.1, 0.15) is 6.33 Å². The van der Waals surface area contributed by atoms with Crippen molar-refractivity contribution in [1.29, 1.82) is 0 Å². The molecule has 1 fully saturated rings. The molecular formula is C16H19N3OS. The molecular weight excluding hydrogens is 282 g/mol. The monoisotopic (exact) mass is 301 g/mol. The van der Waals surface area contributed by atoms with E-state index in [1.54, 1.807) is 17.5 Å². The molecule has 3 rings (SSSR count). The van der Waals surface area contributed by atoms with E-state index in [1.165, 1.54) is 11.9 Å². The van der Waals surface area contributed by atoms with E-state index in [0.29, 0.717) is 18.2 Å². The number of thiophene rings is 1. The van der Waals surface area contributed by atoms with Crippen LogP contribution in [0.4, 0.5) is 0 Å². The smallest absolute Gasteiger partial charge is 0.257 e. The van der Waals surface area contributed by atoms with Crippen molar-refractivity contribution in [2.75, 3.05) is 0 Å². The van der Waals surface area contributed by atoms with Crippen molar-refractivity contribution >= 4 is 17.2 Å². The Kier molecular flexibility index (Phi) is 4.29. The van der Waals surface area contributed by atoms with Crippen LogP contribution in [-0.4, -0.2) is 26.8 Å². The van der Waals surface area contributed by atoms with Gasteiger partial charge in [0.25, 0.3) is 5.91 Å². The first kappa shape index (κ1) is 14.2. The number of carbonyl (C=O) groups is 1. The number of hydrogen-bond donors (Lipinski definition) is 0. The molecule has 0 aliphatic heterocycles. The number of aromatic nitrogens is 2. The number of rotatable bonds is 6. The summed E-state index contributed by atoms with van der Waals surface area (Å²) in [6, 6.07) is 2.47. The van der Waals surface area contributed by atoms with Crippen LogP contribution in [0, 0.1) is 0 Å². The molecule has 0 unspecified atom stereocenters. The highest BCUT2D eigenvalue weighted by Crippen LogP contribution is 2.30. The van der Waals surface area contributed by atoms with E-state index in [0.717, 1.165) is 31.4 Å². The number of nitrogens with zero attached hydrogens (tertiary/aromatic N) is 3. The van der Waals surface area contributed by atoms with Gasteiger partial charge in [0.2, 0.25) is 0 Å². The van der Waals surface area contributed by atoms with Crippen LogP contribution in [0.3, 0.4) is 0 Å². The molecule has 2 heterocycles. The van der Waals surface area contributed by atoms with E-state index in [9.17, 15) is 4.79 Å². The Balaban J connectivity index is 1.84. The van der Waals surface area contributed by atoms with Crippen LogP contribution in [0.2, 0.25) is 0 Å². The van der Waals surface area contributed by atoms with Crippen molar-refractivity contribution in [2.45, 2.75) is 45.2 Å². The topological polar surface area (TPSA) is 46.1 Å². The lowest BCUT2D eigenvalue weighted by molar-refractivity contribution is 0.0728. The molecule has 0 bridgehead atoms. The normalized spacial score (nSPS) is 14.1. The first-order chi connectivity index (χ1) is 10.3. The molecule has 0 atom stereocenters. The Morgan fingerprint density at radius 1 is 1.48 bits per heavy atom. The summed E-state index contributed by atoms with van der Waals surface area (Å²) in [6.07, 6.45) is 7.20. The summed E-state index contributed by atoms with van der Waals surface area (Å²) in [5.41, 5.74) is 2.74. The second kappa shape index (κ2) is 6.35. The largest absolute Gasteiger partial charge is 0.331 e. The molecule has 1 amide bonds. The average molecular weight is 301 g/mol. The first-order valence-electron chi connectivity index (χ1n) is 7.40. The third-order valence-electron chi connectivity index (χ3n) is 3.69. The number of aryl methyl sites for hydroxylation is 1. The van der Waals surface area contributed by atoms with Gasteiger partial charge in [0.15, 0.2) is 0 Å². The summed E-state index contributed by atoms with van der Waals surface area (Å²) in [4.78, 5) is 23.2. The summed E-state index contributed by atoms with van der Waals surface area (Å²) < 4.78 is 0. The fourth-order valence-electron chi connectivity index (χ4n) is 2.46. The van der Waals surface area contributed by atoms with E-state index in [1.807, 2.05) is 4.90 Å². The molecule has 0 saturated heterocycles. The van der Waals surface area contributed by atoms with E-state index in [2.05, 4.69) is 33.7 Å². The van der Waals surface area contributed by atoms with E-state index >= 15 is 0 Å². The predicted octanol–water partition coefficient (Wildman–Crippen LogP) is 3.30. The Morgan fingerprint density at radius 3 is 3.00 bits per heavy atom. The molecule has 1 saturated carbocycles. The summed E-state index contributed by atoms with van der Waals surface area (Å²) in [6.45, 7) is 2.79. The maximum absolute atomic E-state index is 12.9. The summed E-state index contributed by atoms with van der Waals surface area (Å²) in [5.74, 6) is 0.0766. The van der Waals surface area contributed by atoms with E-state index in [4.69, 9.17) is 0 Å². The van der Waals surface area contributed by atoms with E-state index in [-0.39, 0.29) is 5.91 Å². The van der Waals surface area contributed by atoms with Crippen molar-refractivity contribution in [3.8, 4) is 0 Å². The van der Waals surface area contributed by atoms with Gasteiger partial charge < -0.3 is 4.90 Å². The Morgan fingerprint density at radius 2 is 2.33 bits per heavy atom. The minimum absolute atomic E-state index is 0.0766. The van der Waals surface area contributed by atoms with Gasteiger partial charge in [-0.1, -0.05) is 13.3 Å². The highest BCUT2D eigenvalue weighted by molar-refractivity contribution is 7.07. The van der Waals surface area contributed by atoms with Crippen LogP contribution in [-0.2, 0) is 13.0 Å². The van der Waals surface area contributed by atoms with Gasteiger partial charge in [-0.15, -0.1) is 0 Å². The Labute approximate surface area is 128 Å². The summed E-state index contributed by atoms with van der Waals surface area (Å²) in [5, 5.41) is 4.16. The third kappa shape index (κ3) is 3.29. The molecule has 0 aromatic carbocycles. The second-order valence-electron chi connectivity index (χ2n) is 5.43. The SMILES string of the molecule is CCCc1ncncc1C(=O)N(Cc1ccsc1)C1CC1. The van der Waals surface area contributed by atoms with Crippen molar-refractivity contribution in [3.05, 3.63) is 46.2 Å². The van der Waals surface area contributed by atoms with Crippen LogP contribution in [0.5, 0.6) is 0 Å². The van der Waals surface area contributed by atoms with Crippen molar-refractivity contribution < 1.29 is 4.79 Å². The molecule has 5 heteroatoms. The molecule has 0 radical (unpaired) electrons. The standard InChI is InChI=1S/C16H19N3OS/c1-2-3-15-14(8-17-11-18-15)16(20)19(13-4-5-13)9-12-6-7-21-10-12/h6-8,10-11,13H,2-5,9H2,1H3. The first-order valence-corrected chi connectivity index (χ1v) is 8.34. The molecule has 2 aromatic rings. The minimum atomic E-state index is 0.0766. The van der Waals surface area contributed by atoms with Gasteiger partial charge in [-0.2, -0.15) is 11.3 Å². The molecule has 0 spiro atoms. The Hall–Kier alpha value is -1.75. The fraction of sp³-hybridized carbons (Fsp3) is 0.438. The summed E-state index contributed by atoms with van der Waals surface area (Å²) >= 11 is 1.67. The lowest BCUT2D eigenvalue weighted by Crippen LogP contribution is -2.33. The number of amides is 1. The van der Waals surface area contributed by atoms with E-state index < -0.39 is 0 Å². The lowest BCUT2D eigenvalue weighted by Gasteiger charge is -2.22. The average Bonchev–Trinajstić information content (AvgIpc) is 3.21. The molecule has 110 valence electrons. The number of hydrogen-bond acceptors (Lipinski definition) is 4. The van der Waals surface area contributed by atoms with Gasteiger partial charge >= 0.3 is 0 Å². The zero-order chi connectivity index (χ0) is 14.7. The highest BCUT2D eigenvalue weighted by atomic mass is 32.1. The second-order valence-corrected chi connectivity index (χ2v) is 6.21. The van der Waals surface area contributed by atoms with Gasteiger partial charge in [-0.3, -0.25) is 4.79 Å². The molecule has 4 nitrogen and oxygen atoms in total. The molecule has 1 aliphatic rings. The maximum atomic E-state index is 12.9. The van der Waals surface area contributed by atoms with Crippen LogP contribution in [0.15, 0.2) is 29.4 Å². The van der Waals surface area contributed by atoms with Crippen LogP contribution in [0.25, 0.3) is 0 Å².